The van der Waals surface area contributed by atoms with Crippen molar-refractivity contribution in [2.75, 3.05) is 13.1 Å². The molecule has 21 fully saturated rings. The molecule has 0 unspecified atom stereocenters. The Morgan fingerprint density at radius 3 is 1.10 bits per heavy atom. The topological polar surface area (TPSA) is 310 Å². The lowest BCUT2D eigenvalue weighted by Gasteiger charge is -2.57. The summed E-state index contributed by atoms with van der Waals surface area (Å²) in [5.74, 6) is 23.5. The monoisotopic (exact) mass is 1730 g/mol. The Hall–Kier alpha value is -5.91. The van der Waals surface area contributed by atoms with Crippen molar-refractivity contribution in [3.63, 3.8) is 0 Å². The Balaban J connectivity index is 0.0000000997. The van der Waals surface area contributed by atoms with Crippen LogP contribution >= 0.6 is 0 Å². The van der Waals surface area contributed by atoms with Gasteiger partial charge < -0.3 is 29.9 Å². The lowest BCUT2D eigenvalue weighted by molar-refractivity contribution is -0.385. The first-order valence-corrected chi connectivity index (χ1v) is 51.3. The van der Waals surface area contributed by atoms with Crippen molar-refractivity contribution in [1.82, 2.24) is 54.2 Å². The maximum atomic E-state index is 13.8. The van der Waals surface area contributed by atoms with Crippen LogP contribution < -0.4 is 0 Å². The fourth-order valence-corrected chi connectivity index (χ4v) is 38.2. The molecular formula is C103H148N12O11. The highest BCUT2D eigenvalue weighted by Gasteiger charge is 2.76. The first-order chi connectivity index (χ1) is 60.1. The third kappa shape index (κ3) is 14.4. The van der Waals surface area contributed by atoms with Gasteiger partial charge in [0.1, 0.15) is 31.3 Å². The van der Waals surface area contributed by atoms with Gasteiger partial charge in [0.2, 0.25) is 0 Å². The number of amides is 1. The number of hydrogen-bond donors (Lipinski definition) is 4. The summed E-state index contributed by atoms with van der Waals surface area (Å²) in [6, 6.07) is 0. The van der Waals surface area contributed by atoms with E-state index >= 15 is 0 Å². The van der Waals surface area contributed by atoms with E-state index in [-0.39, 0.29) is 69.3 Å². The number of tetrazole rings is 1. The van der Waals surface area contributed by atoms with Gasteiger partial charge in [-0.2, -0.15) is 10.2 Å². The van der Waals surface area contributed by atoms with Crippen LogP contribution in [0.25, 0.3) is 0 Å². The summed E-state index contributed by atoms with van der Waals surface area (Å²) in [6.07, 6.45) is 50.3. The SMILES string of the molecule is C[C@@]1(O)CC[C@H]2[C@H](CC[C@@H]3[C@@H]2CC[C@@]2(C)[C@H]3[C@@H]3C[C@@H]3[C@@H]2C(=O)Cn2cc(C(=O)N3CCC3)cn2)C1.C[C@@]1(O)CC[C@H]2[C@H](CC[C@@H]3[C@@H]2CC[C@@]2(C)[C@H]3[C@@H]3C[C@@H]3[C@@H]2C(=O)Cn2cc([N+](=O)[O-])cn2)C1.C[C@@]1(O)CC[C@H]2[C@H](CC[C@@H]3[C@@H]2CC[C@@]2(C)[C@H]3[C@@H]3C[C@@H]3[C@@H]2C(=O)Cn2ccnc2)C1.Cc1nnnn1CC(=O)[C@H]1[C@H]2C[C@H]2[C@H]2[C@@H]3CC[C@@H]4C[C@](C)(O)CC[C@@H]4[C@H]3CC[C@@]21C. The minimum atomic E-state index is -0.481. The number of nitrogens with zero attached hydrogens (tertiary/aromatic N) is 12. The maximum absolute atomic E-state index is 13.8. The molecule has 40 atom stereocenters. The standard InChI is InChI=1S/C29H41N3O3.C25H35N3O4.C25H36N2O2.C24H36N4O2/c1-28(35)8-6-19-17(13-28)4-5-21-20(19)7-9-29(2)25(21)22-12-23(22)26(29)24(33)16-32-15-18(14-30-32)27(34)31-10-3-11-31;1-24(30)7-5-16-14(10-24)3-4-18-17(16)6-8-25(2)22(18)19-9-20(19)23(25)21(29)13-27-12-15(11-26-27)28(31)32;1-24(29)7-5-16-15(12-24)3-4-18-17(16)6-8-25(2)22(18)19-11-20(19)23(25)21(28)13-27-10-9-26-14-27;1-13-25-26-27-28(13)12-20(29)22-19-10-18(19)21-17-5-4-14-11-23(2,30)8-6-15(14)16(17)7-9-24(21,22)3/h14-15,17,19-23,25-26,35H,3-13,16H2,1-2H3;11-12,14,16-20,22-23,30H,3-10,13H2,1-2H3;9-10,14-20,22-23,29H,3-8,11-13H2,1-2H3;14-19,21-22,30H,4-12H2,1-3H3/t17-,19+,20-,21-,22-,23+,25-,26-,28-,29+;14-,16+,17-,18-,19-,20+,22-,23-,24-,25+;15-,16+,17-,18-,19-,20+,22-,23-,24-,25+;14-,15+,16-,17-,18-,19+,21-,22-,23-,24+/m1111/s1. The largest absolute Gasteiger partial charge is 0.390 e. The zero-order valence-corrected chi connectivity index (χ0v) is 77.1. The highest BCUT2D eigenvalue weighted by atomic mass is 16.6. The second-order valence-corrected chi connectivity index (χ2v) is 49.9. The predicted molar refractivity (Wildman–Crippen MR) is 471 cm³/mol. The van der Waals surface area contributed by atoms with E-state index in [4.69, 9.17) is 0 Å². The van der Waals surface area contributed by atoms with Crippen molar-refractivity contribution in [3.8, 4) is 0 Å². The fourth-order valence-electron chi connectivity index (χ4n) is 38.2. The molecule has 23 nitrogen and oxygen atoms in total. The zero-order valence-electron chi connectivity index (χ0n) is 77.1. The molecule has 5 heterocycles. The Labute approximate surface area is 746 Å². The summed E-state index contributed by atoms with van der Waals surface area (Å²) >= 11 is 0. The number of aliphatic hydroxyl groups is 4. The van der Waals surface area contributed by atoms with Crippen LogP contribution in [0.2, 0.25) is 0 Å². The third-order valence-electron chi connectivity index (χ3n) is 42.9. The van der Waals surface area contributed by atoms with Crippen molar-refractivity contribution in [1.29, 1.82) is 0 Å². The molecule has 0 spiro atoms. The quantitative estimate of drug-likeness (QED) is 0.0673. The van der Waals surface area contributed by atoms with Crippen molar-refractivity contribution >= 4 is 34.7 Å². The Morgan fingerprint density at radius 2 is 0.770 bits per heavy atom. The molecular weight excluding hydrogens is 1580 g/mol. The van der Waals surface area contributed by atoms with Crippen molar-refractivity contribution in [3.05, 3.63) is 65.0 Å². The minimum Gasteiger partial charge on any atom is -0.390 e. The van der Waals surface area contributed by atoms with E-state index in [0.717, 1.165) is 202 Å². The number of hydrogen-bond acceptors (Lipinski definition) is 17. The maximum Gasteiger partial charge on any atom is 0.307 e. The van der Waals surface area contributed by atoms with Crippen LogP contribution in [-0.2, 0) is 45.4 Å². The minimum absolute atomic E-state index is 0.0447. The van der Waals surface area contributed by atoms with Crippen molar-refractivity contribution in [2.45, 2.75) is 323 Å². The van der Waals surface area contributed by atoms with Crippen LogP contribution in [0.3, 0.4) is 0 Å². The van der Waals surface area contributed by atoms with Gasteiger partial charge in [0, 0.05) is 55.4 Å². The number of carbonyl (C=O) groups is 5. The van der Waals surface area contributed by atoms with E-state index in [1.54, 1.807) is 34.3 Å². The molecule has 21 aliphatic rings. The number of Topliss-reactive ketones (excluding diaryl/α,β-unsaturated/α-hetero) is 4. The molecule has 25 rings (SSSR count). The number of ketones is 4. The number of rotatable bonds is 14. The molecule has 126 heavy (non-hydrogen) atoms. The number of nitro groups is 1. The van der Waals surface area contributed by atoms with Gasteiger partial charge in [0.15, 0.2) is 23.1 Å². The van der Waals surface area contributed by atoms with Crippen molar-refractivity contribution in [2.24, 2.45) is 211 Å². The highest BCUT2D eigenvalue weighted by Crippen LogP contribution is 2.80. The number of carbonyl (C=O) groups excluding carboxylic acids is 5. The van der Waals surface area contributed by atoms with Gasteiger partial charge in [-0.15, -0.1) is 5.10 Å². The fraction of sp³-hybridized carbons (Fsp3) is 0.854. The van der Waals surface area contributed by atoms with Crippen LogP contribution in [0.5, 0.6) is 0 Å². The molecule has 4 aromatic rings. The van der Waals surface area contributed by atoms with E-state index in [0.29, 0.717) is 95.8 Å². The molecule has 0 aromatic carbocycles. The highest BCUT2D eigenvalue weighted by molar-refractivity contribution is 5.94. The van der Waals surface area contributed by atoms with Gasteiger partial charge in [0.25, 0.3) is 5.91 Å². The van der Waals surface area contributed by atoms with Gasteiger partial charge in [0.05, 0.1) is 58.5 Å². The molecule has 4 aromatic heterocycles. The molecule has 0 bridgehead atoms. The van der Waals surface area contributed by atoms with Gasteiger partial charge in [-0.05, 0) is 444 Å². The lowest BCUT2D eigenvalue weighted by Crippen LogP contribution is -2.52. The second-order valence-electron chi connectivity index (χ2n) is 49.9. The summed E-state index contributed by atoms with van der Waals surface area (Å²) in [6.45, 7) is 22.7. The zero-order chi connectivity index (χ0) is 87.3. The average Bonchev–Trinajstić information content (AvgIpc) is 1.53. The summed E-state index contributed by atoms with van der Waals surface area (Å²) in [7, 11) is 0. The molecule has 686 valence electrons. The van der Waals surface area contributed by atoms with E-state index in [9.17, 15) is 54.5 Å². The summed E-state index contributed by atoms with van der Waals surface area (Å²) in [5.41, 5.74) is -0.682. The smallest absolute Gasteiger partial charge is 0.307 e. The van der Waals surface area contributed by atoms with Crippen LogP contribution in [0.15, 0.2) is 43.5 Å². The number of imidazole rings is 1. The van der Waals surface area contributed by atoms with Crippen molar-refractivity contribution < 1.29 is 49.3 Å². The van der Waals surface area contributed by atoms with Crippen LogP contribution in [0.1, 0.15) is 283 Å². The Morgan fingerprint density at radius 1 is 0.421 bits per heavy atom. The number of aromatic nitrogens is 10. The number of aryl methyl sites for hydroxylation is 1. The molecule has 0 radical (unpaired) electrons. The Bertz CT molecular complexity index is 4850. The average molecular weight is 1730 g/mol. The van der Waals surface area contributed by atoms with Gasteiger partial charge >= 0.3 is 5.69 Å². The van der Waals surface area contributed by atoms with Crippen LogP contribution in [0.4, 0.5) is 5.69 Å². The third-order valence-corrected chi connectivity index (χ3v) is 42.9. The molecule has 4 N–H and O–H groups in total. The van der Waals surface area contributed by atoms with Gasteiger partial charge in [-0.25, -0.2) is 9.67 Å². The first-order valence-electron chi connectivity index (χ1n) is 51.3. The normalized spacial score (nSPS) is 50.1. The molecule has 1 aliphatic heterocycles. The Kier molecular flexibility index (Phi) is 20.9. The molecule has 1 amide bonds. The summed E-state index contributed by atoms with van der Waals surface area (Å²) < 4.78 is 6.82. The predicted octanol–water partition coefficient (Wildman–Crippen LogP) is 16.2. The van der Waals surface area contributed by atoms with E-state index < -0.39 is 27.3 Å². The summed E-state index contributed by atoms with van der Waals surface area (Å²) in [5, 5.41) is 73.7. The van der Waals surface area contributed by atoms with Gasteiger partial charge in [-0.3, -0.25) is 43.5 Å². The molecule has 1 saturated heterocycles. The van der Waals surface area contributed by atoms with E-state index in [1.807, 2.05) is 43.4 Å². The van der Waals surface area contributed by atoms with E-state index in [2.05, 4.69) is 65.3 Å². The first kappa shape index (κ1) is 85.6. The van der Waals surface area contributed by atoms with E-state index in [1.165, 1.54) is 158 Å². The lowest BCUT2D eigenvalue weighted by atomic mass is 9.48. The van der Waals surface area contributed by atoms with Crippen LogP contribution in [0, 0.1) is 228 Å². The number of fused-ring (bicyclic) bond motifs is 28. The number of likely N-dealkylation sites (tertiary alicyclic amines) is 1. The van der Waals surface area contributed by atoms with Crippen LogP contribution in [-0.4, -0.2) is 144 Å². The molecule has 23 heteroatoms. The second kappa shape index (κ2) is 30.8. The van der Waals surface area contributed by atoms with Gasteiger partial charge in [-0.1, -0.05) is 27.7 Å². The molecule has 20 saturated carbocycles. The summed E-state index contributed by atoms with van der Waals surface area (Å²) in [4.78, 5) is 83.1. The molecule has 20 aliphatic carbocycles.